The van der Waals surface area contributed by atoms with Crippen LogP contribution in [-0.4, -0.2) is 37.8 Å². The number of nitriles is 1. The SMILES string of the molecule is CN(CCCN)S(=O)(=O)c1ccc(C#N)nc1. The molecule has 0 amide bonds. The highest BCUT2D eigenvalue weighted by atomic mass is 32.2. The maximum Gasteiger partial charge on any atom is 0.244 e. The third-order valence-corrected chi connectivity index (χ3v) is 4.08. The first-order valence-electron chi connectivity index (χ1n) is 5.05. The van der Waals surface area contributed by atoms with Crippen molar-refractivity contribution in [2.24, 2.45) is 5.73 Å². The lowest BCUT2D eigenvalue weighted by atomic mass is 10.4. The Morgan fingerprint density at radius 3 is 2.71 bits per heavy atom. The summed E-state index contributed by atoms with van der Waals surface area (Å²) < 4.78 is 25.2. The average Bonchev–Trinajstić information content (AvgIpc) is 2.35. The number of hydrogen-bond acceptors (Lipinski definition) is 5. The molecule has 2 N–H and O–H groups in total. The van der Waals surface area contributed by atoms with E-state index in [1.807, 2.05) is 6.07 Å². The summed E-state index contributed by atoms with van der Waals surface area (Å²) in [7, 11) is -2.04. The third kappa shape index (κ3) is 3.23. The van der Waals surface area contributed by atoms with Crippen LogP contribution in [0.2, 0.25) is 0 Å². The lowest BCUT2D eigenvalue weighted by molar-refractivity contribution is 0.463. The van der Waals surface area contributed by atoms with Crippen molar-refractivity contribution < 1.29 is 8.42 Å². The predicted octanol–water partition coefficient (Wildman–Crippen LogP) is -0.0774. The van der Waals surface area contributed by atoms with Crippen molar-refractivity contribution in [3.63, 3.8) is 0 Å². The van der Waals surface area contributed by atoms with Crippen LogP contribution in [0.3, 0.4) is 0 Å². The van der Waals surface area contributed by atoms with Crippen LogP contribution >= 0.6 is 0 Å². The summed E-state index contributed by atoms with van der Waals surface area (Å²) >= 11 is 0. The van der Waals surface area contributed by atoms with E-state index < -0.39 is 10.0 Å². The fourth-order valence-corrected chi connectivity index (χ4v) is 2.37. The van der Waals surface area contributed by atoms with Crippen molar-refractivity contribution >= 4 is 10.0 Å². The molecule has 0 aliphatic heterocycles. The molecule has 0 atom stereocenters. The molecule has 0 unspecified atom stereocenters. The van der Waals surface area contributed by atoms with Crippen LogP contribution in [0.1, 0.15) is 12.1 Å². The Morgan fingerprint density at radius 1 is 1.53 bits per heavy atom. The molecule has 0 fully saturated rings. The van der Waals surface area contributed by atoms with Gasteiger partial charge in [0.1, 0.15) is 16.7 Å². The van der Waals surface area contributed by atoms with Gasteiger partial charge in [-0.2, -0.15) is 5.26 Å². The van der Waals surface area contributed by atoms with Crippen molar-refractivity contribution in [3.8, 4) is 6.07 Å². The molecule has 6 nitrogen and oxygen atoms in total. The van der Waals surface area contributed by atoms with Crippen LogP contribution in [0, 0.1) is 11.3 Å². The number of rotatable bonds is 5. The Balaban J connectivity index is 2.93. The lowest BCUT2D eigenvalue weighted by Crippen LogP contribution is -2.29. The Kier molecular flexibility index (Phi) is 4.57. The molecule has 1 rings (SSSR count). The summed E-state index contributed by atoms with van der Waals surface area (Å²) in [5, 5.41) is 8.57. The number of sulfonamides is 1. The molecule has 0 aliphatic carbocycles. The van der Waals surface area contributed by atoms with E-state index in [4.69, 9.17) is 11.0 Å². The minimum atomic E-state index is -3.53. The first-order valence-corrected chi connectivity index (χ1v) is 6.49. The topological polar surface area (TPSA) is 100 Å². The highest BCUT2D eigenvalue weighted by Gasteiger charge is 2.20. The van der Waals surface area contributed by atoms with Gasteiger partial charge in [-0.1, -0.05) is 0 Å². The molecule has 0 aliphatic rings. The molecule has 0 radical (unpaired) electrons. The number of hydrogen-bond donors (Lipinski definition) is 1. The number of pyridine rings is 1. The zero-order valence-corrected chi connectivity index (χ0v) is 10.3. The van der Waals surface area contributed by atoms with Gasteiger partial charge in [0.15, 0.2) is 0 Å². The Labute approximate surface area is 101 Å². The molecule has 0 spiro atoms. The second-order valence-corrected chi connectivity index (χ2v) is 5.50. The van der Waals surface area contributed by atoms with E-state index in [2.05, 4.69) is 4.98 Å². The van der Waals surface area contributed by atoms with Crippen LogP contribution in [0.4, 0.5) is 0 Å². The molecule has 0 saturated heterocycles. The molecular weight excluding hydrogens is 240 g/mol. The van der Waals surface area contributed by atoms with Crippen molar-refractivity contribution in [2.45, 2.75) is 11.3 Å². The molecule has 1 heterocycles. The summed E-state index contributed by atoms with van der Waals surface area (Å²) in [5.74, 6) is 0. The molecule has 17 heavy (non-hydrogen) atoms. The minimum absolute atomic E-state index is 0.0796. The molecule has 0 aromatic carbocycles. The fraction of sp³-hybridized carbons (Fsp3) is 0.400. The molecule has 0 bridgehead atoms. The Morgan fingerprint density at radius 2 is 2.24 bits per heavy atom. The monoisotopic (exact) mass is 254 g/mol. The van der Waals surface area contributed by atoms with Gasteiger partial charge in [0.05, 0.1) is 0 Å². The van der Waals surface area contributed by atoms with Gasteiger partial charge in [-0.05, 0) is 25.1 Å². The largest absolute Gasteiger partial charge is 0.330 e. The fourth-order valence-electron chi connectivity index (χ4n) is 1.21. The maximum atomic E-state index is 12.0. The van der Waals surface area contributed by atoms with Gasteiger partial charge in [-0.3, -0.25) is 0 Å². The van der Waals surface area contributed by atoms with Crippen molar-refractivity contribution in [1.29, 1.82) is 5.26 Å². The second kappa shape index (κ2) is 5.72. The zero-order chi connectivity index (χ0) is 12.9. The van der Waals surface area contributed by atoms with Gasteiger partial charge >= 0.3 is 0 Å². The van der Waals surface area contributed by atoms with Crippen molar-refractivity contribution in [3.05, 3.63) is 24.0 Å². The average molecular weight is 254 g/mol. The molecular formula is C10H14N4O2S. The van der Waals surface area contributed by atoms with Crippen LogP contribution in [0.15, 0.2) is 23.2 Å². The Bertz CT molecular complexity index is 504. The van der Waals surface area contributed by atoms with Crippen LogP contribution in [0.25, 0.3) is 0 Å². The Hall–Kier alpha value is -1.49. The van der Waals surface area contributed by atoms with Gasteiger partial charge in [-0.15, -0.1) is 0 Å². The maximum absolute atomic E-state index is 12.0. The summed E-state index contributed by atoms with van der Waals surface area (Å²) in [6.45, 7) is 0.796. The number of aromatic nitrogens is 1. The quantitative estimate of drug-likeness (QED) is 0.792. The second-order valence-electron chi connectivity index (χ2n) is 3.46. The highest BCUT2D eigenvalue weighted by molar-refractivity contribution is 7.89. The molecule has 1 aromatic rings. The number of nitrogens with zero attached hydrogens (tertiary/aromatic N) is 3. The van der Waals surface area contributed by atoms with Gasteiger partial charge in [0, 0.05) is 19.8 Å². The zero-order valence-electron chi connectivity index (χ0n) is 9.50. The van der Waals surface area contributed by atoms with E-state index in [1.165, 1.54) is 29.7 Å². The van der Waals surface area contributed by atoms with Crippen LogP contribution in [-0.2, 0) is 10.0 Å². The molecule has 0 saturated carbocycles. The first-order chi connectivity index (χ1) is 8.02. The summed E-state index contributed by atoms with van der Waals surface area (Å²) in [5.41, 5.74) is 5.52. The highest BCUT2D eigenvalue weighted by Crippen LogP contribution is 2.13. The predicted molar refractivity (Wildman–Crippen MR) is 62.4 cm³/mol. The van der Waals surface area contributed by atoms with Gasteiger partial charge < -0.3 is 5.73 Å². The van der Waals surface area contributed by atoms with Crippen LogP contribution in [0.5, 0.6) is 0 Å². The normalized spacial score (nSPS) is 11.4. The lowest BCUT2D eigenvalue weighted by Gasteiger charge is -2.16. The summed E-state index contributed by atoms with van der Waals surface area (Å²) in [6.07, 6.45) is 1.78. The van der Waals surface area contributed by atoms with E-state index in [0.29, 0.717) is 19.5 Å². The van der Waals surface area contributed by atoms with E-state index in [-0.39, 0.29) is 10.6 Å². The summed E-state index contributed by atoms with van der Waals surface area (Å²) in [6, 6.07) is 4.59. The van der Waals surface area contributed by atoms with E-state index in [0.717, 1.165) is 0 Å². The van der Waals surface area contributed by atoms with E-state index in [1.54, 1.807) is 0 Å². The van der Waals surface area contributed by atoms with Crippen molar-refractivity contribution in [2.75, 3.05) is 20.1 Å². The van der Waals surface area contributed by atoms with E-state index in [9.17, 15) is 8.42 Å². The molecule has 1 aromatic heterocycles. The number of nitrogens with two attached hydrogens (primary N) is 1. The smallest absolute Gasteiger partial charge is 0.244 e. The third-order valence-electron chi connectivity index (χ3n) is 2.24. The van der Waals surface area contributed by atoms with Gasteiger partial charge in [0.25, 0.3) is 0 Å². The standard InChI is InChI=1S/C10H14N4O2S/c1-14(6-2-5-11)17(15,16)10-4-3-9(7-12)13-8-10/h3-4,8H,2,5-6,11H2,1H3. The van der Waals surface area contributed by atoms with E-state index >= 15 is 0 Å². The van der Waals surface area contributed by atoms with Crippen molar-refractivity contribution in [1.82, 2.24) is 9.29 Å². The molecule has 7 heteroatoms. The van der Waals surface area contributed by atoms with Gasteiger partial charge in [0.2, 0.25) is 10.0 Å². The van der Waals surface area contributed by atoms with Gasteiger partial charge in [-0.25, -0.2) is 17.7 Å². The summed E-state index contributed by atoms with van der Waals surface area (Å²) in [4.78, 5) is 3.81. The molecule has 92 valence electrons. The minimum Gasteiger partial charge on any atom is -0.330 e. The van der Waals surface area contributed by atoms with Crippen LogP contribution < -0.4 is 5.73 Å². The first kappa shape index (κ1) is 13.6.